The number of nitrogens with two attached hydrogens (primary N) is 1. The molecule has 0 spiro atoms. The minimum atomic E-state index is -0.478. The maximum absolute atomic E-state index is 12.0. The fourth-order valence-electron chi connectivity index (χ4n) is 1.79. The molecule has 0 bridgehead atoms. The van der Waals surface area contributed by atoms with E-state index in [9.17, 15) is 14.9 Å². The van der Waals surface area contributed by atoms with Gasteiger partial charge in [0, 0.05) is 17.3 Å². The Morgan fingerprint density at radius 3 is 2.45 bits per heavy atom. The summed E-state index contributed by atoms with van der Waals surface area (Å²) in [6, 6.07) is 11.0. The first-order valence-corrected chi connectivity index (χ1v) is 5.90. The maximum atomic E-state index is 12.0. The largest absolute Gasteiger partial charge is 0.399 e. The van der Waals surface area contributed by atoms with Crippen LogP contribution in [0.2, 0.25) is 0 Å². The lowest BCUT2D eigenvalue weighted by atomic mass is 10.1. The molecule has 0 saturated heterocycles. The van der Waals surface area contributed by atoms with Crippen molar-refractivity contribution >= 4 is 23.0 Å². The van der Waals surface area contributed by atoms with Gasteiger partial charge in [0.25, 0.3) is 11.6 Å². The van der Waals surface area contributed by atoms with E-state index in [1.165, 1.54) is 12.1 Å². The second kappa shape index (κ2) is 5.40. The highest BCUT2D eigenvalue weighted by Crippen LogP contribution is 2.25. The lowest BCUT2D eigenvalue weighted by Crippen LogP contribution is -2.13. The van der Waals surface area contributed by atoms with Gasteiger partial charge in [-0.25, -0.2) is 0 Å². The van der Waals surface area contributed by atoms with Crippen molar-refractivity contribution < 1.29 is 9.72 Å². The molecular formula is C14H13N3O3. The zero-order valence-corrected chi connectivity index (χ0v) is 10.8. The molecule has 2 rings (SSSR count). The smallest absolute Gasteiger partial charge is 0.274 e. The third-order valence-corrected chi connectivity index (χ3v) is 2.92. The van der Waals surface area contributed by atoms with Gasteiger partial charge >= 0.3 is 0 Å². The Morgan fingerprint density at radius 2 is 1.85 bits per heavy atom. The average Bonchev–Trinajstić information content (AvgIpc) is 2.41. The molecule has 0 atom stereocenters. The van der Waals surface area contributed by atoms with Crippen LogP contribution in [-0.4, -0.2) is 10.8 Å². The number of nitro benzene ring substituents is 1. The number of anilines is 2. The summed E-state index contributed by atoms with van der Waals surface area (Å²) in [5.74, 6) is -0.339. The number of benzene rings is 2. The van der Waals surface area contributed by atoms with Crippen LogP contribution in [0.3, 0.4) is 0 Å². The Labute approximate surface area is 115 Å². The van der Waals surface area contributed by atoms with E-state index in [2.05, 4.69) is 5.32 Å². The highest BCUT2D eigenvalue weighted by Gasteiger charge is 2.15. The molecule has 0 unspecified atom stereocenters. The van der Waals surface area contributed by atoms with E-state index in [4.69, 9.17) is 5.73 Å². The molecule has 102 valence electrons. The van der Waals surface area contributed by atoms with Crippen LogP contribution in [0.25, 0.3) is 0 Å². The van der Waals surface area contributed by atoms with E-state index in [1.54, 1.807) is 37.3 Å². The van der Waals surface area contributed by atoms with E-state index in [1.807, 2.05) is 0 Å². The lowest BCUT2D eigenvalue weighted by Gasteiger charge is -2.08. The second-order valence-corrected chi connectivity index (χ2v) is 4.28. The Kier molecular flexibility index (Phi) is 3.65. The quantitative estimate of drug-likeness (QED) is 0.509. The molecule has 0 aromatic heterocycles. The highest BCUT2D eigenvalue weighted by atomic mass is 16.6. The van der Waals surface area contributed by atoms with Gasteiger partial charge in [0.15, 0.2) is 0 Å². The number of rotatable bonds is 3. The van der Waals surface area contributed by atoms with E-state index < -0.39 is 4.92 Å². The monoisotopic (exact) mass is 271 g/mol. The summed E-state index contributed by atoms with van der Waals surface area (Å²) >= 11 is 0. The van der Waals surface area contributed by atoms with Crippen molar-refractivity contribution in [2.24, 2.45) is 0 Å². The Morgan fingerprint density at radius 1 is 1.20 bits per heavy atom. The van der Waals surface area contributed by atoms with Gasteiger partial charge in [0.2, 0.25) is 0 Å². The third kappa shape index (κ3) is 2.74. The van der Waals surface area contributed by atoms with E-state index in [0.29, 0.717) is 22.5 Å². The number of nitrogens with one attached hydrogen (secondary N) is 1. The molecule has 0 saturated carbocycles. The number of carbonyl (C=O) groups is 1. The maximum Gasteiger partial charge on any atom is 0.274 e. The number of hydrogen-bond acceptors (Lipinski definition) is 4. The molecule has 0 aliphatic heterocycles. The molecule has 2 aromatic rings. The molecule has 0 aliphatic carbocycles. The Balaban J connectivity index is 2.26. The number of nitrogen functional groups attached to an aromatic ring is 1. The van der Waals surface area contributed by atoms with Crippen molar-refractivity contribution in [1.29, 1.82) is 0 Å². The predicted octanol–water partition coefficient (Wildman–Crippen LogP) is 2.74. The first kappa shape index (κ1) is 13.5. The van der Waals surface area contributed by atoms with Crippen LogP contribution in [0.15, 0.2) is 42.5 Å². The lowest BCUT2D eigenvalue weighted by molar-refractivity contribution is -0.385. The molecule has 6 nitrogen and oxygen atoms in total. The summed E-state index contributed by atoms with van der Waals surface area (Å²) < 4.78 is 0. The van der Waals surface area contributed by atoms with Gasteiger partial charge in [-0.15, -0.1) is 0 Å². The van der Waals surface area contributed by atoms with Crippen LogP contribution in [0.5, 0.6) is 0 Å². The van der Waals surface area contributed by atoms with E-state index >= 15 is 0 Å². The van der Waals surface area contributed by atoms with Crippen LogP contribution in [0, 0.1) is 17.0 Å². The van der Waals surface area contributed by atoms with Gasteiger partial charge in [-0.2, -0.15) is 0 Å². The summed E-state index contributed by atoms with van der Waals surface area (Å²) in [5.41, 5.74) is 7.36. The predicted molar refractivity (Wildman–Crippen MR) is 76.6 cm³/mol. The van der Waals surface area contributed by atoms with Crippen molar-refractivity contribution in [1.82, 2.24) is 0 Å². The molecule has 6 heteroatoms. The Bertz CT molecular complexity index is 666. The fourth-order valence-corrected chi connectivity index (χ4v) is 1.79. The van der Waals surface area contributed by atoms with Crippen LogP contribution in [0.4, 0.5) is 17.1 Å². The summed E-state index contributed by atoms with van der Waals surface area (Å²) in [5, 5.41) is 13.5. The van der Waals surface area contributed by atoms with Gasteiger partial charge in [-0.3, -0.25) is 14.9 Å². The van der Waals surface area contributed by atoms with Gasteiger partial charge in [0.05, 0.1) is 16.2 Å². The SMILES string of the molecule is Cc1c(NC(=O)c2ccc(N)cc2)cccc1[N+](=O)[O-]. The Hall–Kier alpha value is -2.89. The molecule has 3 N–H and O–H groups in total. The van der Waals surface area contributed by atoms with Crippen LogP contribution < -0.4 is 11.1 Å². The highest BCUT2D eigenvalue weighted by molar-refractivity contribution is 6.05. The number of hydrogen-bond donors (Lipinski definition) is 2. The van der Waals surface area contributed by atoms with E-state index in [0.717, 1.165) is 0 Å². The number of nitrogens with zero attached hydrogens (tertiary/aromatic N) is 1. The molecule has 0 heterocycles. The van der Waals surface area contributed by atoms with Gasteiger partial charge in [-0.05, 0) is 37.3 Å². The summed E-state index contributed by atoms with van der Waals surface area (Å²) in [6.45, 7) is 1.59. The van der Waals surface area contributed by atoms with Crippen LogP contribution in [-0.2, 0) is 0 Å². The van der Waals surface area contributed by atoms with Gasteiger partial charge in [0.1, 0.15) is 0 Å². The zero-order chi connectivity index (χ0) is 14.7. The molecule has 1 amide bonds. The first-order chi connectivity index (χ1) is 9.49. The van der Waals surface area contributed by atoms with Crippen molar-refractivity contribution in [3.8, 4) is 0 Å². The molecule has 2 aromatic carbocycles. The van der Waals surface area contributed by atoms with Gasteiger partial charge in [-0.1, -0.05) is 6.07 Å². The molecule has 0 aliphatic rings. The summed E-state index contributed by atoms with van der Waals surface area (Å²) in [6.07, 6.45) is 0. The van der Waals surface area contributed by atoms with E-state index in [-0.39, 0.29) is 11.6 Å². The van der Waals surface area contributed by atoms with Crippen LogP contribution in [0.1, 0.15) is 15.9 Å². The average molecular weight is 271 g/mol. The normalized spacial score (nSPS) is 10.1. The number of amides is 1. The third-order valence-electron chi connectivity index (χ3n) is 2.92. The number of carbonyl (C=O) groups excluding carboxylic acids is 1. The van der Waals surface area contributed by atoms with Crippen molar-refractivity contribution in [2.75, 3.05) is 11.1 Å². The zero-order valence-electron chi connectivity index (χ0n) is 10.8. The van der Waals surface area contributed by atoms with Crippen LogP contribution >= 0.6 is 0 Å². The standard InChI is InChI=1S/C14H13N3O3/c1-9-12(3-2-4-13(9)17(19)20)16-14(18)10-5-7-11(15)8-6-10/h2-8H,15H2,1H3,(H,16,18). The molecule has 0 fully saturated rings. The topological polar surface area (TPSA) is 98.3 Å². The van der Waals surface area contributed by atoms with Crippen molar-refractivity contribution in [3.05, 3.63) is 63.7 Å². The summed E-state index contributed by atoms with van der Waals surface area (Å²) in [4.78, 5) is 22.4. The summed E-state index contributed by atoms with van der Waals surface area (Å²) in [7, 11) is 0. The molecular weight excluding hydrogens is 258 g/mol. The van der Waals surface area contributed by atoms with Gasteiger partial charge < -0.3 is 11.1 Å². The first-order valence-electron chi connectivity index (χ1n) is 5.90. The molecule has 20 heavy (non-hydrogen) atoms. The minimum absolute atomic E-state index is 0.0277. The number of nitro groups is 1. The minimum Gasteiger partial charge on any atom is -0.399 e. The van der Waals surface area contributed by atoms with Crippen molar-refractivity contribution in [2.45, 2.75) is 6.92 Å². The second-order valence-electron chi connectivity index (χ2n) is 4.28. The fraction of sp³-hybridized carbons (Fsp3) is 0.0714. The molecule has 0 radical (unpaired) electrons. The van der Waals surface area contributed by atoms with Crippen molar-refractivity contribution in [3.63, 3.8) is 0 Å².